The zero-order valence-corrected chi connectivity index (χ0v) is 11.5. The number of likely N-dealkylation sites (tertiary alicyclic amines) is 1. The van der Waals surface area contributed by atoms with Crippen LogP contribution in [0.15, 0.2) is 42.7 Å². The van der Waals surface area contributed by atoms with Crippen LogP contribution in [0.3, 0.4) is 0 Å². The molecule has 3 rings (SSSR count). The molecule has 108 valence electrons. The van der Waals surface area contributed by atoms with E-state index in [-0.39, 0.29) is 17.6 Å². The number of amides is 1. The summed E-state index contributed by atoms with van der Waals surface area (Å²) in [5, 5.41) is 0. The van der Waals surface area contributed by atoms with Gasteiger partial charge in [-0.1, -0.05) is 0 Å². The Balaban J connectivity index is 1.88. The smallest absolute Gasteiger partial charge is 0.254 e. The van der Waals surface area contributed by atoms with Crippen LogP contribution in [0.4, 0.5) is 10.1 Å². The molecule has 1 atom stereocenters. The molecule has 1 aromatic heterocycles. The van der Waals surface area contributed by atoms with E-state index < -0.39 is 5.82 Å². The van der Waals surface area contributed by atoms with Crippen molar-refractivity contribution in [2.45, 2.75) is 18.9 Å². The van der Waals surface area contributed by atoms with Crippen LogP contribution in [0.1, 0.15) is 34.8 Å². The molecule has 0 radical (unpaired) electrons. The summed E-state index contributed by atoms with van der Waals surface area (Å²) < 4.78 is 13.2. The van der Waals surface area contributed by atoms with Crippen LogP contribution < -0.4 is 5.73 Å². The van der Waals surface area contributed by atoms with Crippen molar-refractivity contribution in [2.24, 2.45) is 0 Å². The van der Waals surface area contributed by atoms with Crippen molar-refractivity contribution in [1.29, 1.82) is 0 Å². The number of nitrogen functional groups attached to an aromatic ring is 1. The topological polar surface area (TPSA) is 59.2 Å². The highest BCUT2D eigenvalue weighted by molar-refractivity contribution is 5.95. The predicted molar refractivity (Wildman–Crippen MR) is 78.1 cm³/mol. The molecule has 2 aromatic rings. The van der Waals surface area contributed by atoms with Gasteiger partial charge in [-0.05, 0) is 48.7 Å². The lowest BCUT2D eigenvalue weighted by Gasteiger charge is -2.25. The number of hydrogen-bond acceptors (Lipinski definition) is 3. The fourth-order valence-corrected chi connectivity index (χ4v) is 2.78. The molecule has 0 aliphatic carbocycles. The van der Waals surface area contributed by atoms with E-state index in [0.717, 1.165) is 18.4 Å². The molecule has 1 amide bonds. The van der Waals surface area contributed by atoms with E-state index in [1.165, 1.54) is 18.2 Å². The number of pyridine rings is 1. The summed E-state index contributed by atoms with van der Waals surface area (Å²) in [6.07, 6.45) is 5.33. The van der Waals surface area contributed by atoms with Gasteiger partial charge < -0.3 is 10.6 Å². The van der Waals surface area contributed by atoms with Gasteiger partial charge in [-0.2, -0.15) is 0 Å². The average Bonchev–Trinajstić information content (AvgIpc) is 2.99. The molecule has 2 N–H and O–H groups in total. The third kappa shape index (κ3) is 2.59. The summed E-state index contributed by atoms with van der Waals surface area (Å²) in [4.78, 5) is 18.5. The first-order valence-electron chi connectivity index (χ1n) is 6.93. The van der Waals surface area contributed by atoms with Gasteiger partial charge in [-0.15, -0.1) is 0 Å². The molecule has 1 aliphatic rings. The van der Waals surface area contributed by atoms with Crippen molar-refractivity contribution >= 4 is 11.6 Å². The lowest BCUT2D eigenvalue weighted by Crippen LogP contribution is -2.30. The highest BCUT2D eigenvalue weighted by Crippen LogP contribution is 2.33. The van der Waals surface area contributed by atoms with E-state index in [1.807, 2.05) is 17.0 Å². The van der Waals surface area contributed by atoms with E-state index >= 15 is 0 Å². The molecule has 5 heteroatoms. The fourth-order valence-electron chi connectivity index (χ4n) is 2.78. The number of carbonyl (C=O) groups excluding carboxylic acids is 1. The third-order valence-electron chi connectivity index (χ3n) is 3.85. The minimum Gasteiger partial charge on any atom is -0.396 e. The van der Waals surface area contributed by atoms with Gasteiger partial charge in [0, 0.05) is 24.5 Å². The maximum Gasteiger partial charge on any atom is 0.254 e. The Morgan fingerprint density at radius 3 is 2.76 bits per heavy atom. The largest absolute Gasteiger partial charge is 0.396 e. The third-order valence-corrected chi connectivity index (χ3v) is 3.85. The van der Waals surface area contributed by atoms with Crippen LogP contribution in [0, 0.1) is 5.82 Å². The lowest BCUT2D eigenvalue weighted by molar-refractivity contribution is 0.0735. The van der Waals surface area contributed by atoms with Gasteiger partial charge in [0.15, 0.2) is 0 Å². The summed E-state index contributed by atoms with van der Waals surface area (Å²) in [6.45, 7) is 0.698. The Kier molecular flexibility index (Phi) is 3.56. The molecule has 1 aromatic carbocycles. The van der Waals surface area contributed by atoms with E-state index in [0.29, 0.717) is 12.1 Å². The fraction of sp³-hybridized carbons (Fsp3) is 0.250. The predicted octanol–water partition coefficient (Wildman–Crippen LogP) is 2.78. The van der Waals surface area contributed by atoms with Crippen molar-refractivity contribution in [3.8, 4) is 0 Å². The number of anilines is 1. The molecule has 4 nitrogen and oxygen atoms in total. The Morgan fingerprint density at radius 1 is 1.29 bits per heavy atom. The number of carbonyl (C=O) groups is 1. The van der Waals surface area contributed by atoms with E-state index in [1.54, 1.807) is 12.4 Å². The quantitative estimate of drug-likeness (QED) is 0.863. The molecule has 0 saturated carbocycles. The normalized spacial score (nSPS) is 18.0. The molecule has 1 fully saturated rings. The first kappa shape index (κ1) is 13.5. The minimum absolute atomic E-state index is 0.000470. The number of rotatable bonds is 2. The Hall–Kier alpha value is -2.43. The van der Waals surface area contributed by atoms with Gasteiger partial charge in [-0.25, -0.2) is 4.39 Å². The Morgan fingerprint density at radius 2 is 2.05 bits per heavy atom. The molecule has 0 spiro atoms. The number of hydrogen-bond donors (Lipinski definition) is 1. The minimum atomic E-state index is -0.501. The van der Waals surface area contributed by atoms with E-state index in [2.05, 4.69) is 4.98 Å². The Bertz CT molecular complexity index is 660. The number of benzene rings is 1. The van der Waals surface area contributed by atoms with Gasteiger partial charge in [-0.3, -0.25) is 9.78 Å². The van der Waals surface area contributed by atoms with Crippen LogP contribution in [0.2, 0.25) is 0 Å². The van der Waals surface area contributed by atoms with E-state index in [9.17, 15) is 9.18 Å². The number of halogens is 1. The van der Waals surface area contributed by atoms with Crippen molar-refractivity contribution in [2.75, 3.05) is 12.3 Å². The van der Waals surface area contributed by atoms with Crippen molar-refractivity contribution in [3.05, 3.63) is 59.7 Å². The van der Waals surface area contributed by atoms with Crippen molar-refractivity contribution in [1.82, 2.24) is 9.88 Å². The molecule has 2 heterocycles. The standard InChI is InChI=1S/C16H16FN3O/c17-13-4-3-12(10-14(13)18)16(21)20-9-1-2-15(20)11-5-7-19-8-6-11/h3-8,10,15H,1-2,9,18H2. The van der Waals surface area contributed by atoms with Crippen LogP contribution in [-0.2, 0) is 0 Å². The SMILES string of the molecule is Nc1cc(C(=O)N2CCCC2c2ccncc2)ccc1F. The van der Waals surface area contributed by atoms with Gasteiger partial charge in [0.25, 0.3) is 5.91 Å². The summed E-state index contributed by atoms with van der Waals surface area (Å²) in [5.74, 6) is -0.611. The molecule has 0 bridgehead atoms. The zero-order valence-electron chi connectivity index (χ0n) is 11.5. The van der Waals surface area contributed by atoms with Crippen LogP contribution >= 0.6 is 0 Å². The monoisotopic (exact) mass is 285 g/mol. The summed E-state index contributed by atoms with van der Waals surface area (Å²) in [7, 11) is 0. The zero-order chi connectivity index (χ0) is 14.8. The van der Waals surface area contributed by atoms with Gasteiger partial charge in [0.2, 0.25) is 0 Å². The van der Waals surface area contributed by atoms with Gasteiger partial charge in [0.05, 0.1) is 11.7 Å². The second kappa shape index (κ2) is 5.52. The van der Waals surface area contributed by atoms with Gasteiger partial charge >= 0.3 is 0 Å². The first-order valence-corrected chi connectivity index (χ1v) is 6.93. The Labute approximate surface area is 122 Å². The van der Waals surface area contributed by atoms with Crippen LogP contribution in [0.25, 0.3) is 0 Å². The number of nitrogens with zero attached hydrogens (tertiary/aromatic N) is 2. The van der Waals surface area contributed by atoms with E-state index in [4.69, 9.17) is 5.73 Å². The molecule has 1 aliphatic heterocycles. The highest BCUT2D eigenvalue weighted by atomic mass is 19.1. The summed E-state index contributed by atoms with van der Waals surface area (Å²) in [5.41, 5.74) is 7.05. The van der Waals surface area contributed by atoms with Crippen LogP contribution in [-0.4, -0.2) is 22.3 Å². The van der Waals surface area contributed by atoms with Crippen molar-refractivity contribution in [3.63, 3.8) is 0 Å². The molecule has 1 unspecified atom stereocenters. The van der Waals surface area contributed by atoms with Gasteiger partial charge in [0.1, 0.15) is 5.82 Å². The second-order valence-corrected chi connectivity index (χ2v) is 5.17. The molecular weight excluding hydrogens is 269 g/mol. The first-order chi connectivity index (χ1) is 10.2. The molecular formula is C16H16FN3O. The lowest BCUT2D eigenvalue weighted by atomic mass is 10.1. The summed E-state index contributed by atoms with van der Waals surface area (Å²) in [6, 6.07) is 8.02. The second-order valence-electron chi connectivity index (χ2n) is 5.17. The van der Waals surface area contributed by atoms with Crippen LogP contribution in [0.5, 0.6) is 0 Å². The maximum absolute atomic E-state index is 13.2. The number of nitrogens with two attached hydrogens (primary N) is 1. The summed E-state index contributed by atoms with van der Waals surface area (Å²) >= 11 is 0. The van der Waals surface area contributed by atoms with Crippen molar-refractivity contribution < 1.29 is 9.18 Å². The molecule has 21 heavy (non-hydrogen) atoms. The molecule has 1 saturated heterocycles. The number of aromatic nitrogens is 1. The maximum atomic E-state index is 13.2. The average molecular weight is 285 g/mol. The highest BCUT2D eigenvalue weighted by Gasteiger charge is 2.30.